The second-order valence-electron chi connectivity index (χ2n) is 3.93. The lowest BCUT2D eigenvalue weighted by Gasteiger charge is -2.12. The van der Waals surface area contributed by atoms with E-state index in [1.165, 1.54) is 0 Å². The molecule has 0 atom stereocenters. The lowest BCUT2D eigenvalue weighted by molar-refractivity contribution is 0.354. The maximum Gasteiger partial charge on any atom is 0.210 e. The number of phenols is 4. The van der Waals surface area contributed by atoms with Gasteiger partial charge in [0.1, 0.15) is 0 Å². The van der Waals surface area contributed by atoms with Crippen molar-refractivity contribution in [1.82, 2.24) is 0 Å². The van der Waals surface area contributed by atoms with E-state index in [4.69, 9.17) is 15.3 Å². The molecule has 0 aliphatic heterocycles. The number of rotatable bonds is 1. The summed E-state index contributed by atoms with van der Waals surface area (Å²) in [5, 5.41) is 36.7. The number of halogens is 5. The summed E-state index contributed by atoms with van der Waals surface area (Å²) in [6, 6.07) is 0.267. The topological polar surface area (TPSA) is 80.9 Å². The zero-order chi connectivity index (χ0) is 16.1. The minimum absolute atomic E-state index is 0.267. The van der Waals surface area contributed by atoms with Crippen LogP contribution in [0.2, 0.25) is 0 Å². The standard InChI is InChI=1S/C12H5F5O4/c13-5-3(18)1-2(10(19)12(5)21)4-6(14)8(16)9(17)11(20)7(4)15/h1,18-21H. The van der Waals surface area contributed by atoms with Gasteiger partial charge in [-0.05, 0) is 6.07 Å². The van der Waals surface area contributed by atoms with E-state index >= 15 is 0 Å². The molecule has 0 radical (unpaired) electrons. The first kappa shape index (κ1) is 14.7. The summed E-state index contributed by atoms with van der Waals surface area (Å²) in [4.78, 5) is 0. The molecule has 0 heterocycles. The maximum absolute atomic E-state index is 13.7. The summed E-state index contributed by atoms with van der Waals surface area (Å²) in [7, 11) is 0. The van der Waals surface area contributed by atoms with Gasteiger partial charge < -0.3 is 20.4 Å². The first-order chi connectivity index (χ1) is 9.68. The lowest BCUT2D eigenvalue weighted by atomic mass is 10.0. The van der Waals surface area contributed by atoms with Crippen molar-refractivity contribution >= 4 is 0 Å². The van der Waals surface area contributed by atoms with Gasteiger partial charge >= 0.3 is 0 Å². The van der Waals surface area contributed by atoms with Gasteiger partial charge in [0, 0.05) is 5.56 Å². The Morgan fingerprint density at radius 2 is 1.14 bits per heavy atom. The van der Waals surface area contributed by atoms with Crippen molar-refractivity contribution in [3.05, 3.63) is 35.2 Å². The van der Waals surface area contributed by atoms with Gasteiger partial charge in [-0.2, -0.15) is 8.78 Å². The van der Waals surface area contributed by atoms with Crippen LogP contribution in [0.1, 0.15) is 0 Å². The molecule has 0 aliphatic carbocycles. The van der Waals surface area contributed by atoms with Crippen LogP contribution in [0.15, 0.2) is 6.07 Å². The predicted molar refractivity (Wildman–Crippen MR) is 58.3 cm³/mol. The Balaban J connectivity index is 2.93. The summed E-state index contributed by atoms with van der Waals surface area (Å²) in [6.07, 6.45) is 0. The Hall–Kier alpha value is -2.71. The van der Waals surface area contributed by atoms with Gasteiger partial charge in [0.05, 0.1) is 5.56 Å². The molecule has 0 saturated carbocycles. The van der Waals surface area contributed by atoms with Gasteiger partial charge in [-0.15, -0.1) is 0 Å². The first-order valence-corrected chi connectivity index (χ1v) is 5.17. The minimum atomic E-state index is -2.26. The molecule has 0 bridgehead atoms. The third-order valence-electron chi connectivity index (χ3n) is 2.70. The van der Waals surface area contributed by atoms with Crippen molar-refractivity contribution in [2.24, 2.45) is 0 Å². The molecular weight excluding hydrogens is 303 g/mol. The van der Waals surface area contributed by atoms with Gasteiger partial charge in [-0.1, -0.05) is 0 Å². The van der Waals surface area contributed by atoms with Crippen LogP contribution in [0.4, 0.5) is 22.0 Å². The molecule has 0 aliphatic rings. The lowest BCUT2D eigenvalue weighted by Crippen LogP contribution is -2.00. The van der Waals surface area contributed by atoms with Gasteiger partial charge in [0.2, 0.25) is 11.6 Å². The highest BCUT2D eigenvalue weighted by Gasteiger charge is 2.29. The fourth-order valence-corrected chi connectivity index (χ4v) is 1.67. The molecule has 112 valence electrons. The summed E-state index contributed by atoms with van der Waals surface area (Å²) in [5.41, 5.74) is -2.58. The van der Waals surface area contributed by atoms with Crippen LogP contribution < -0.4 is 0 Å². The fraction of sp³-hybridized carbons (Fsp3) is 0. The van der Waals surface area contributed by atoms with Crippen LogP contribution in [0, 0.1) is 29.1 Å². The van der Waals surface area contributed by atoms with Crippen molar-refractivity contribution in [3.63, 3.8) is 0 Å². The third kappa shape index (κ3) is 1.97. The molecular formula is C12H5F5O4. The van der Waals surface area contributed by atoms with Crippen LogP contribution in [0.25, 0.3) is 11.1 Å². The van der Waals surface area contributed by atoms with Crippen molar-refractivity contribution in [2.45, 2.75) is 0 Å². The van der Waals surface area contributed by atoms with Crippen LogP contribution >= 0.6 is 0 Å². The Labute approximate surface area is 112 Å². The molecule has 4 N–H and O–H groups in total. The highest BCUT2D eigenvalue weighted by molar-refractivity contribution is 5.77. The molecule has 4 nitrogen and oxygen atoms in total. The van der Waals surface area contributed by atoms with Crippen molar-refractivity contribution in [3.8, 4) is 34.1 Å². The fourth-order valence-electron chi connectivity index (χ4n) is 1.67. The first-order valence-electron chi connectivity index (χ1n) is 5.17. The highest BCUT2D eigenvalue weighted by atomic mass is 19.2. The molecule has 2 rings (SSSR count). The van der Waals surface area contributed by atoms with Crippen LogP contribution in [-0.4, -0.2) is 20.4 Å². The number of hydrogen-bond acceptors (Lipinski definition) is 4. The molecule has 2 aromatic rings. The monoisotopic (exact) mass is 308 g/mol. The van der Waals surface area contributed by atoms with E-state index in [0.29, 0.717) is 0 Å². The van der Waals surface area contributed by atoms with Crippen LogP contribution in [0.5, 0.6) is 23.0 Å². The van der Waals surface area contributed by atoms with Gasteiger partial charge in [0.15, 0.2) is 40.4 Å². The zero-order valence-electron chi connectivity index (χ0n) is 9.76. The second-order valence-corrected chi connectivity index (χ2v) is 3.93. The van der Waals surface area contributed by atoms with E-state index in [0.717, 1.165) is 0 Å². The summed E-state index contributed by atoms with van der Waals surface area (Å²) >= 11 is 0. The normalized spacial score (nSPS) is 10.9. The Morgan fingerprint density at radius 1 is 0.571 bits per heavy atom. The molecule has 21 heavy (non-hydrogen) atoms. The molecule has 0 fully saturated rings. The zero-order valence-corrected chi connectivity index (χ0v) is 9.76. The highest BCUT2D eigenvalue weighted by Crippen LogP contribution is 2.46. The van der Waals surface area contributed by atoms with Crippen molar-refractivity contribution in [1.29, 1.82) is 0 Å². The molecule has 0 amide bonds. The van der Waals surface area contributed by atoms with E-state index in [-0.39, 0.29) is 6.07 Å². The average molecular weight is 308 g/mol. The average Bonchev–Trinajstić information content (AvgIpc) is 2.46. The van der Waals surface area contributed by atoms with Gasteiger partial charge in [-0.3, -0.25) is 0 Å². The Bertz CT molecular complexity index is 731. The minimum Gasteiger partial charge on any atom is -0.505 e. The maximum atomic E-state index is 13.7. The molecule has 0 unspecified atom stereocenters. The SMILES string of the molecule is Oc1cc(-c2c(F)c(O)c(F)c(F)c2F)c(O)c(O)c1F. The Kier molecular flexibility index (Phi) is 3.28. The summed E-state index contributed by atoms with van der Waals surface area (Å²) < 4.78 is 66.5. The van der Waals surface area contributed by atoms with Gasteiger partial charge in [0.25, 0.3) is 0 Å². The molecule has 0 saturated heterocycles. The van der Waals surface area contributed by atoms with E-state index in [1.807, 2.05) is 0 Å². The van der Waals surface area contributed by atoms with Crippen LogP contribution in [0.3, 0.4) is 0 Å². The largest absolute Gasteiger partial charge is 0.505 e. The van der Waals surface area contributed by atoms with Crippen molar-refractivity contribution < 1.29 is 42.4 Å². The molecule has 0 spiro atoms. The molecule has 2 aromatic carbocycles. The molecule has 0 aromatic heterocycles. The van der Waals surface area contributed by atoms with E-state index in [2.05, 4.69) is 0 Å². The van der Waals surface area contributed by atoms with Gasteiger partial charge in [-0.25, -0.2) is 13.2 Å². The van der Waals surface area contributed by atoms with E-state index in [9.17, 15) is 27.1 Å². The predicted octanol–water partition coefficient (Wildman–Crippen LogP) is 2.87. The quantitative estimate of drug-likeness (QED) is 0.215. The smallest absolute Gasteiger partial charge is 0.210 e. The van der Waals surface area contributed by atoms with Crippen molar-refractivity contribution in [2.75, 3.05) is 0 Å². The third-order valence-corrected chi connectivity index (χ3v) is 2.70. The number of benzene rings is 2. The summed E-state index contributed by atoms with van der Waals surface area (Å²) in [5.74, 6) is -16.5. The number of phenolic OH excluding ortho intramolecular Hbond substituents is 4. The second kappa shape index (κ2) is 4.69. The number of aromatic hydroxyl groups is 4. The van der Waals surface area contributed by atoms with Crippen LogP contribution in [-0.2, 0) is 0 Å². The molecule has 9 heteroatoms. The summed E-state index contributed by atoms with van der Waals surface area (Å²) in [6.45, 7) is 0. The number of hydrogen-bond donors (Lipinski definition) is 4. The van der Waals surface area contributed by atoms with E-state index < -0.39 is 63.2 Å². The van der Waals surface area contributed by atoms with E-state index in [1.54, 1.807) is 0 Å². The Morgan fingerprint density at radius 3 is 1.71 bits per heavy atom.